The zero-order valence-electron chi connectivity index (χ0n) is 14.6. The fourth-order valence-electron chi connectivity index (χ4n) is 3.77. The van der Waals surface area contributed by atoms with Crippen LogP contribution in [0.4, 0.5) is 10.5 Å². The molecule has 0 saturated carbocycles. The van der Waals surface area contributed by atoms with Crippen LogP contribution in [-0.2, 0) is 6.42 Å². The number of hydrogen-bond donors (Lipinski definition) is 2. The summed E-state index contributed by atoms with van der Waals surface area (Å²) in [5, 5.41) is 2.67. The number of urea groups is 1. The average Bonchev–Trinajstić information content (AvgIpc) is 2.87. The van der Waals surface area contributed by atoms with E-state index in [1.807, 2.05) is 12.1 Å². The molecule has 2 unspecified atom stereocenters. The van der Waals surface area contributed by atoms with Gasteiger partial charge in [0.05, 0.1) is 0 Å². The van der Waals surface area contributed by atoms with Crippen molar-refractivity contribution in [3.63, 3.8) is 0 Å². The SMILES string of the molecule is CCCCN1C(CCC)CCC1Cc1cccc(NC(N)=O)c1. The monoisotopic (exact) mass is 317 g/mol. The lowest BCUT2D eigenvalue weighted by molar-refractivity contribution is 0.180. The molecule has 0 radical (unpaired) electrons. The Morgan fingerprint density at radius 3 is 2.74 bits per heavy atom. The lowest BCUT2D eigenvalue weighted by Gasteiger charge is -2.30. The number of likely N-dealkylation sites (tertiary alicyclic amines) is 1. The highest BCUT2D eigenvalue weighted by atomic mass is 16.2. The molecule has 2 amide bonds. The Hall–Kier alpha value is -1.55. The second kappa shape index (κ2) is 8.92. The normalized spacial score (nSPS) is 21.5. The maximum atomic E-state index is 11.0. The maximum Gasteiger partial charge on any atom is 0.316 e. The summed E-state index contributed by atoms with van der Waals surface area (Å²) in [5.74, 6) is 0. The molecule has 1 aliphatic heterocycles. The van der Waals surface area contributed by atoms with E-state index in [1.54, 1.807) is 0 Å². The second-order valence-electron chi connectivity index (χ2n) is 6.66. The summed E-state index contributed by atoms with van der Waals surface area (Å²) in [4.78, 5) is 13.7. The van der Waals surface area contributed by atoms with E-state index >= 15 is 0 Å². The molecule has 1 saturated heterocycles. The number of anilines is 1. The standard InChI is InChI=1S/C19H31N3O/c1-3-5-12-22-17(7-4-2)10-11-18(22)14-15-8-6-9-16(13-15)21-19(20)23/h6,8-9,13,17-18H,3-5,7,10-12,14H2,1-2H3,(H3,20,21,23). The number of rotatable bonds is 8. The van der Waals surface area contributed by atoms with E-state index in [0.29, 0.717) is 6.04 Å². The fraction of sp³-hybridized carbons (Fsp3) is 0.632. The zero-order chi connectivity index (χ0) is 16.7. The number of nitrogens with zero attached hydrogens (tertiary/aromatic N) is 1. The molecule has 1 aromatic rings. The lowest BCUT2D eigenvalue weighted by atomic mass is 10.0. The first-order valence-corrected chi connectivity index (χ1v) is 9.05. The number of unbranched alkanes of at least 4 members (excludes halogenated alkanes) is 1. The van der Waals surface area contributed by atoms with Gasteiger partial charge in [0.15, 0.2) is 0 Å². The first-order valence-electron chi connectivity index (χ1n) is 9.05. The molecule has 128 valence electrons. The number of nitrogens with two attached hydrogens (primary N) is 1. The van der Waals surface area contributed by atoms with Gasteiger partial charge in [0, 0.05) is 17.8 Å². The quantitative estimate of drug-likeness (QED) is 0.756. The Morgan fingerprint density at radius 1 is 1.26 bits per heavy atom. The van der Waals surface area contributed by atoms with Gasteiger partial charge in [-0.3, -0.25) is 4.90 Å². The molecule has 0 spiro atoms. The van der Waals surface area contributed by atoms with Crippen molar-refractivity contribution < 1.29 is 4.79 Å². The van der Waals surface area contributed by atoms with Crippen LogP contribution in [0.25, 0.3) is 0 Å². The van der Waals surface area contributed by atoms with E-state index in [1.165, 1.54) is 50.6 Å². The van der Waals surface area contributed by atoms with Crippen LogP contribution in [0.3, 0.4) is 0 Å². The van der Waals surface area contributed by atoms with Crippen molar-refractivity contribution in [2.24, 2.45) is 5.73 Å². The van der Waals surface area contributed by atoms with E-state index in [2.05, 4.69) is 36.2 Å². The number of hydrogen-bond acceptors (Lipinski definition) is 2. The highest BCUT2D eigenvalue weighted by molar-refractivity contribution is 5.87. The van der Waals surface area contributed by atoms with Gasteiger partial charge in [0.1, 0.15) is 0 Å². The molecular weight excluding hydrogens is 286 g/mol. The van der Waals surface area contributed by atoms with E-state index in [4.69, 9.17) is 5.73 Å². The van der Waals surface area contributed by atoms with Crippen LogP contribution in [0.1, 0.15) is 57.9 Å². The molecule has 0 aromatic heterocycles. The van der Waals surface area contributed by atoms with E-state index in [-0.39, 0.29) is 0 Å². The van der Waals surface area contributed by atoms with Crippen molar-refractivity contribution >= 4 is 11.7 Å². The van der Waals surface area contributed by atoms with E-state index in [9.17, 15) is 4.79 Å². The van der Waals surface area contributed by atoms with Gasteiger partial charge in [-0.1, -0.05) is 38.8 Å². The van der Waals surface area contributed by atoms with Crippen LogP contribution in [-0.4, -0.2) is 29.6 Å². The van der Waals surface area contributed by atoms with Gasteiger partial charge < -0.3 is 11.1 Å². The molecule has 23 heavy (non-hydrogen) atoms. The number of nitrogens with one attached hydrogen (secondary N) is 1. The Morgan fingerprint density at radius 2 is 2.04 bits per heavy atom. The molecule has 2 rings (SSSR count). The molecular formula is C19H31N3O. The van der Waals surface area contributed by atoms with Crippen LogP contribution < -0.4 is 11.1 Å². The van der Waals surface area contributed by atoms with Gasteiger partial charge in [-0.15, -0.1) is 0 Å². The predicted octanol–water partition coefficient (Wildman–Crippen LogP) is 4.15. The summed E-state index contributed by atoms with van der Waals surface area (Å²) in [6.45, 7) is 5.76. The Kier molecular flexibility index (Phi) is 6.90. The van der Waals surface area contributed by atoms with Crippen LogP contribution >= 0.6 is 0 Å². The van der Waals surface area contributed by atoms with Gasteiger partial charge in [-0.25, -0.2) is 4.79 Å². The van der Waals surface area contributed by atoms with E-state index < -0.39 is 6.03 Å². The molecule has 4 nitrogen and oxygen atoms in total. The Labute approximate surface area is 140 Å². The van der Waals surface area contributed by atoms with Crippen molar-refractivity contribution in [1.29, 1.82) is 0 Å². The van der Waals surface area contributed by atoms with Crippen molar-refractivity contribution in [2.75, 3.05) is 11.9 Å². The molecule has 0 aliphatic carbocycles. The summed E-state index contributed by atoms with van der Waals surface area (Å²) in [7, 11) is 0. The summed E-state index contributed by atoms with van der Waals surface area (Å²) >= 11 is 0. The molecule has 0 bridgehead atoms. The van der Waals surface area contributed by atoms with Gasteiger partial charge in [0.2, 0.25) is 0 Å². The van der Waals surface area contributed by atoms with Crippen molar-refractivity contribution in [3.05, 3.63) is 29.8 Å². The Bertz CT molecular complexity index is 503. The van der Waals surface area contributed by atoms with E-state index in [0.717, 1.165) is 18.2 Å². The lowest BCUT2D eigenvalue weighted by Crippen LogP contribution is -2.38. The highest BCUT2D eigenvalue weighted by Gasteiger charge is 2.31. The van der Waals surface area contributed by atoms with Crippen LogP contribution in [0.2, 0.25) is 0 Å². The number of primary amides is 1. The third-order valence-electron chi connectivity index (χ3n) is 4.83. The summed E-state index contributed by atoms with van der Waals surface area (Å²) < 4.78 is 0. The molecule has 4 heteroatoms. The molecule has 1 aliphatic rings. The van der Waals surface area contributed by atoms with Crippen LogP contribution in [0.5, 0.6) is 0 Å². The summed E-state index contributed by atoms with van der Waals surface area (Å²) in [6, 6.07) is 8.96. The van der Waals surface area contributed by atoms with Crippen LogP contribution in [0, 0.1) is 0 Å². The third kappa shape index (κ3) is 5.24. The smallest absolute Gasteiger partial charge is 0.316 e. The molecule has 2 atom stereocenters. The third-order valence-corrected chi connectivity index (χ3v) is 4.83. The number of carbonyl (C=O) groups excluding carboxylic acids is 1. The van der Waals surface area contributed by atoms with Gasteiger partial charge in [-0.05, 0) is 56.3 Å². The maximum absolute atomic E-state index is 11.0. The minimum Gasteiger partial charge on any atom is -0.351 e. The highest BCUT2D eigenvalue weighted by Crippen LogP contribution is 2.30. The minimum atomic E-state index is -0.504. The van der Waals surface area contributed by atoms with Gasteiger partial charge in [-0.2, -0.15) is 0 Å². The fourth-order valence-corrected chi connectivity index (χ4v) is 3.77. The summed E-state index contributed by atoms with van der Waals surface area (Å²) in [6.07, 6.45) is 8.75. The molecule has 1 aromatic carbocycles. The van der Waals surface area contributed by atoms with Crippen molar-refractivity contribution in [1.82, 2.24) is 4.90 Å². The van der Waals surface area contributed by atoms with Gasteiger partial charge in [0.25, 0.3) is 0 Å². The number of amides is 2. The van der Waals surface area contributed by atoms with Crippen LogP contribution in [0.15, 0.2) is 24.3 Å². The van der Waals surface area contributed by atoms with Gasteiger partial charge >= 0.3 is 6.03 Å². The minimum absolute atomic E-state index is 0.504. The predicted molar refractivity (Wildman–Crippen MR) is 96.7 cm³/mol. The zero-order valence-corrected chi connectivity index (χ0v) is 14.6. The summed E-state index contributed by atoms with van der Waals surface area (Å²) in [5.41, 5.74) is 7.28. The first-order chi connectivity index (χ1) is 11.1. The number of benzene rings is 1. The first kappa shape index (κ1) is 17.8. The molecule has 3 N–H and O–H groups in total. The van der Waals surface area contributed by atoms with Crippen molar-refractivity contribution in [3.8, 4) is 0 Å². The molecule has 1 heterocycles. The average molecular weight is 317 g/mol. The van der Waals surface area contributed by atoms with Crippen molar-refractivity contribution in [2.45, 2.75) is 70.9 Å². The number of carbonyl (C=O) groups is 1. The molecule has 1 fully saturated rings. The second-order valence-corrected chi connectivity index (χ2v) is 6.66. The largest absolute Gasteiger partial charge is 0.351 e. The topological polar surface area (TPSA) is 58.4 Å². The Balaban J connectivity index is 2.03.